The van der Waals surface area contributed by atoms with Crippen molar-refractivity contribution in [2.75, 3.05) is 206 Å². The van der Waals surface area contributed by atoms with Gasteiger partial charge in [-0.1, -0.05) is 102 Å². The lowest BCUT2D eigenvalue weighted by Crippen LogP contribution is -2.61. The van der Waals surface area contributed by atoms with Crippen molar-refractivity contribution in [2.24, 2.45) is 10.8 Å². The first kappa shape index (κ1) is 81.7. The number of carbonyl (C=O) groups excluding carboxylic acids is 4. The van der Waals surface area contributed by atoms with E-state index in [9.17, 15) is 24.3 Å². The summed E-state index contributed by atoms with van der Waals surface area (Å²) in [5.41, 5.74) is 4.53. The van der Waals surface area contributed by atoms with E-state index in [-0.39, 0.29) is 59.2 Å². The van der Waals surface area contributed by atoms with Crippen molar-refractivity contribution < 1.29 is 100 Å². The van der Waals surface area contributed by atoms with Crippen LogP contribution in [-0.4, -0.2) is 269 Å². The Labute approximate surface area is 550 Å². The smallest absolute Gasteiger partial charge is 0.407 e. The molecule has 0 fully saturated rings. The number of alkyl carbamates (subject to hydrolysis) is 2. The molecule has 27 heteroatoms. The zero-order valence-electron chi connectivity index (χ0n) is 56.2. The maximum absolute atomic E-state index is 14.5. The number of aliphatic hydroxyl groups is 1. The number of nitrogens with one attached hydrogen (secondary N) is 4. The van der Waals surface area contributed by atoms with E-state index in [2.05, 4.69) is 26.4 Å². The number of amides is 4. The summed E-state index contributed by atoms with van der Waals surface area (Å²) >= 11 is 0. The van der Waals surface area contributed by atoms with Gasteiger partial charge < -0.3 is 96.8 Å². The minimum absolute atomic E-state index is 0.0829. The second kappa shape index (κ2) is 51.7. The molecule has 0 aliphatic heterocycles. The minimum Gasteiger partial charge on any atom is -0.447 e. The maximum atomic E-state index is 14.5. The molecule has 0 radical (unpaired) electrons. The number of nitrogens with zero attached hydrogens (tertiary/aromatic N) is 2. The number of ether oxygens (including phenoxy) is 16. The summed E-state index contributed by atoms with van der Waals surface area (Å²) in [5.74, 6) is -1.16. The van der Waals surface area contributed by atoms with Crippen LogP contribution >= 0.6 is 0 Å². The van der Waals surface area contributed by atoms with E-state index < -0.39 is 59.1 Å². The largest absolute Gasteiger partial charge is 0.447 e. The second-order valence-corrected chi connectivity index (χ2v) is 23.1. The molecule has 0 spiro atoms. The number of hydrogen-bond acceptors (Lipinski definition) is 23. The van der Waals surface area contributed by atoms with Crippen LogP contribution in [0.1, 0.15) is 52.7 Å². The van der Waals surface area contributed by atoms with Gasteiger partial charge in [0.25, 0.3) is 5.91 Å². The Kier molecular flexibility index (Phi) is 45.4. The molecule has 1 aromatic heterocycles. The summed E-state index contributed by atoms with van der Waals surface area (Å²) in [7, 11) is 3.25. The van der Waals surface area contributed by atoms with Gasteiger partial charge in [-0.05, 0) is 40.5 Å². The summed E-state index contributed by atoms with van der Waals surface area (Å²) in [6.07, 6.45) is -1.11. The van der Waals surface area contributed by atoms with Gasteiger partial charge >= 0.3 is 12.2 Å². The molecular formula is C66H108N6O21. The van der Waals surface area contributed by atoms with Crippen LogP contribution in [-0.2, 0) is 98.3 Å². The van der Waals surface area contributed by atoms with Gasteiger partial charge in [-0.3, -0.25) is 20.0 Å². The number of pyridine rings is 1. The molecule has 1 heterocycles. The number of benzene rings is 2. The number of carbonyl (C=O) groups is 4. The molecule has 0 saturated carbocycles. The van der Waals surface area contributed by atoms with Crippen LogP contribution in [0.25, 0.3) is 11.3 Å². The highest BCUT2D eigenvalue weighted by molar-refractivity contribution is 5.87. The maximum Gasteiger partial charge on any atom is 0.407 e. The molecule has 0 aliphatic rings. The molecule has 2 aromatic carbocycles. The van der Waals surface area contributed by atoms with Gasteiger partial charge in [0, 0.05) is 39.1 Å². The van der Waals surface area contributed by atoms with Crippen LogP contribution in [0.4, 0.5) is 9.59 Å². The van der Waals surface area contributed by atoms with Gasteiger partial charge in [0.1, 0.15) is 25.3 Å². The van der Waals surface area contributed by atoms with Crippen LogP contribution in [0.5, 0.6) is 0 Å². The summed E-state index contributed by atoms with van der Waals surface area (Å²) in [4.78, 5) is 59.9. The van der Waals surface area contributed by atoms with Crippen molar-refractivity contribution in [2.45, 2.75) is 78.7 Å². The van der Waals surface area contributed by atoms with E-state index in [1.54, 1.807) is 67.0 Å². The van der Waals surface area contributed by atoms with E-state index in [4.69, 9.17) is 75.8 Å². The standard InChI is InChI=1S/C66H108N6O21/c1-65(2,3)59(69-63(76)92-48-46-90-44-42-88-40-38-86-36-34-84-32-30-82-28-26-80-24-22-78-7)61(74)68-57(50-53-14-10-9-11-15-53)58(73)52-72(51-54-17-19-55(20-18-54)56-16-12-13-21-67-56)71-62(75)60(66(4,5)6)70-64(77)93-49-47-91-45-43-89-41-39-87-37-35-85-33-31-83-29-27-81-25-23-79-8/h9-21,57-60,73H,22-52H2,1-8H3,(H,68,74)(H,69,76)(H,70,77)(H,71,75)/t57?,58-,59-,60-/m0/s1. The van der Waals surface area contributed by atoms with Crippen molar-refractivity contribution in [3.8, 4) is 11.3 Å². The Hall–Kier alpha value is -5.57. The first-order valence-electron chi connectivity index (χ1n) is 31.9. The monoisotopic (exact) mass is 1320 g/mol. The van der Waals surface area contributed by atoms with E-state index in [0.717, 1.165) is 22.4 Å². The summed E-state index contributed by atoms with van der Waals surface area (Å²) in [6, 6.07) is 19.4. The first-order chi connectivity index (χ1) is 45.0. The Morgan fingerprint density at radius 1 is 0.430 bits per heavy atom. The number of hydrogen-bond donors (Lipinski definition) is 5. The Bertz CT molecular complexity index is 2340. The number of aliphatic hydroxyl groups excluding tert-OH is 1. The molecule has 3 aromatic rings. The number of aromatic nitrogens is 1. The molecule has 0 bridgehead atoms. The minimum atomic E-state index is -1.32. The fourth-order valence-electron chi connectivity index (χ4n) is 8.42. The molecular weight excluding hydrogens is 1210 g/mol. The van der Waals surface area contributed by atoms with Crippen LogP contribution < -0.4 is 21.4 Å². The Morgan fingerprint density at radius 2 is 0.785 bits per heavy atom. The van der Waals surface area contributed by atoms with Gasteiger partial charge in [0.05, 0.1) is 190 Å². The Morgan fingerprint density at radius 3 is 1.14 bits per heavy atom. The molecule has 27 nitrogen and oxygen atoms in total. The topological polar surface area (TPSA) is 300 Å². The fourth-order valence-corrected chi connectivity index (χ4v) is 8.42. The van der Waals surface area contributed by atoms with Gasteiger partial charge in [-0.25, -0.2) is 14.6 Å². The SMILES string of the molecule is COCCOCCOCCOCCOCCOCCOCCOC(=O)N[C@@H](C(=O)NC(Cc1ccccc1)[C@@H](O)CN(Cc1ccc(-c2ccccn2)cc1)NC(=O)[C@H](NC(=O)OCCOCCOCCOCCOCCOCCOCCOC)C(C)(C)C)C(C)(C)C. The van der Waals surface area contributed by atoms with Gasteiger partial charge in [-0.15, -0.1) is 0 Å². The Balaban J connectivity index is 1.52. The predicted molar refractivity (Wildman–Crippen MR) is 345 cm³/mol. The highest BCUT2D eigenvalue weighted by atomic mass is 16.6. The lowest BCUT2D eigenvalue weighted by molar-refractivity contribution is -0.132. The summed E-state index contributed by atoms with van der Waals surface area (Å²) < 4.78 is 86.6. The molecule has 4 amide bonds. The normalized spacial score (nSPS) is 13.1. The van der Waals surface area contributed by atoms with Crippen molar-refractivity contribution >= 4 is 24.0 Å². The van der Waals surface area contributed by atoms with Gasteiger partial charge in [0.2, 0.25) is 5.91 Å². The number of rotatable bonds is 56. The third-order valence-corrected chi connectivity index (χ3v) is 13.3. The zero-order valence-corrected chi connectivity index (χ0v) is 56.2. The lowest BCUT2D eigenvalue weighted by Gasteiger charge is -2.36. The fraction of sp³-hybridized carbons (Fsp3) is 0.682. The highest BCUT2D eigenvalue weighted by Crippen LogP contribution is 2.23. The molecule has 4 atom stereocenters. The second-order valence-electron chi connectivity index (χ2n) is 23.1. The third kappa shape index (κ3) is 41.1. The van der Waals surface area contributed by atoms with Gasteiger partial charge in [0.15, 0.2) is 0 Å². The van der Waals surface area contributed by atoms with E-state index in [1.807, 2.05) is 72.8 Å². The number of hydrazine groups is 1. The summed E-state index contributed by atoms with van der Waals surface area (Å²) in [6.45, 7) is 20.9. The van der Waals surface area contributed by atoms with Crippen LogP contribution in [0.15, 0.2) is 79.0 Å². The average Bonchev–Trinajstić information content (AvgIpc) is 1.23. The highest BCUT2D eigenvalue weighted by Gasteiger charge is 2.38. The molecule has 1 unspecified atom stereocenters. The van der Waals surface area contributed by atoms with E-state index in [1.165, 1.54) is 0 Å². The third-order valence-electron chi connectivity index (χ3n) is 13.3. The molecule has 3 rings (SSSR count). The molecule has 5 N–H and O–H groups in total. The quantitative estimate of drug-likeness (QED) is 0.0385. The average molecular weight is 1320 g/mol. The first-order valence-corrected chi connectivity index (χ1v) is 31.9. The van der Waals surface area contributed by atoms with Crippen LogP contribution in [0, 0.1) is 10.8 Å². The molecule has 0 saturated heterocycles. The van der Waals surface area contributed by atoms with E-state index >= 15 is 0 Å². The van der Waals surface area contributed by atoms with Crippen molar-refractivity contribution in [1.29, 1.82) is 0 Å². The van der Waals surface area contributed by atoms with Crippen LogP contribution in [0.2, 0.25) is 0 Å². The van der Waals surface area contributed by atoms with Crippen molar-refractivity contribution in [1.82, 2.24) is 31.4 Å². The molecule has 93 heavy (non-hydrogen) atoms. The van der Waals surface area contributed by atoms with Crippen molar-refractivity contribution in [3.63, 3.8) is 0 Å². The zero-order chi connectivity index (χ0) is 67.5. The lowest BCUT2D eigenvalue weighted by atomic mass is 9.85. The molecule has 528 valence electrons. The van der Waals surface area contributed by atoms with Crippen molar-refractivity contribution in [3.05, 3.63) is 90.1 Å². The summed E-state index contributed by atoms with van der Waals surface area (Å²) in [5, 5.41) is 22.3. The van der Waals surface area contributed by atoms with Crippen LogP contribution in [0.3, 0.4) is 0 Å². The predicted octanol–water partition coefficient (Wildman–Crippen LogP) is 4.44. The molecule has 0 aliphatic carbocycles. The van der Waals surface area contributed by atoms with Gasteiger partial charge in [-0.2, -0.15) is 0 Å². The number of methoxy groups -OCH3 is 2. The van der Waals surface area contributed by atoms with E-state index in [0.29, 0.717) is 145 Å².